The van der Waals surface area contributed by atoms with Crippen LogP contribution in [0.2, 0.25) is 0 Å². The van der Waals surface area contributed by atoms with E-state index in [1.54, 1.807) is 11.3 Å². The molecule has 0 amide bonds. The third kappa shape index (κ3) is 4.22. The van der Waals surface area contributed by atoms with Gasteiger partial charge in [-0.1, -0.05) is 19.9 Å². The molecule has 0 fully saturated rings. The number of aliphatic hydroxyl groups is 1. The Morgan fingerprint density at radius 1 is 1.44 bits per heavy atom. The van der Waals surface area contributed by atoms with Crippen LogP contribution >= 0.6 is 11.3 Å². The first-order valence-corrected chi connectivity index (χ1v) is 6.68. The van der Waals surface area contributed by atoms with Crippen molar-refractivity contribution in [3.8, 4) is 0 Å². The summed E-state index contributed by atoms with van der Waals surface area (Å²) in [7, 11) is 0. The number of nitrogens with zero attached hydrogens (tertiary/aromatic N) is 1. The Morgan fingerprint density at radius 3 is 2.69 bits per heavy atom. The SMILES string of the molecule is CCN(CC)CCOC(CO)c1cccs1. The third-order valence-electron chi connectivity index (χ3n) is 2.65. The second kappa shape index (κ2) is 7.79. The smallest absolute Gasteiger partial charge is 0.115 e. The van der Waals surface area contributed by atoms with E-state index in [2.05, 4.69) is 18.7 Å². The highest BCUT2D eigenvalue weighted by molar-refractivity contribution is 7.10. The third-order valence-corrected chi connectivity index (χ3v) is 3.61. The molecular formula is C12H21NO2S. The van der Waals surface area contributed by atoms with Crippen LogP contribution in [-0.2, 0) is 4.74 Å². The molecule has 92 valence electrons. The van der Waals surface area contributed by atoms with Gasteiger partial charge in [-0.25, -0.2) is 0 Å². The molecule has 3 nitrogen and oxygen atoms in total. The lowest BCUT2D eigenvalue weighted by molar-refractivity contribution is 0.00463. The van der Waals surface area contributed by atoms with E-state index < -0.39 is 0 Å². The van der Waals surface area contributed by atoms with Gasteiger partial charge in [-0.3, -0.25) is 0 Å². The van der Waals surface area contributed by atoms with E-state index in [1.165, 1.54) is 0 Å². The van der Waals surface area contributed by atoms with Crippen LogP contribution in [0, 0.1) is 0 Å². The van der Waals surface area contributed by atoms with Crippen LogP contribution in [0.5, 0.6) is 0 Å². The molecule has 1 N–H and O–H groups in total. The molecule has 1 rings (SSSR count). The molecule has 0 bridgehead atoms. The van der Waals surface area contributed by atoms with E-state index in [0.29, 0.717) is 6.61 Å². The number of rotatable bonds is 8. The van der Waals surface area contributed by atoms with Crippen molar-refractivity contribution in [2.75, 3.05) is 32.8 Å². The molecule has 0 aliphatic heterocycles. The van der Waals surface area contributed by atoms with Gasteiger partial charge >= 0.3 is 0 Å². The minimum absolute atomic E-state index is 0.0543. The zero-order valence-corrected chi connectivity index (χ0v) is 10.9. The Labute approximate surface area is 102 Å². The highest BCUT2D eigenvalue weighted by Crippen LogP contribution is 2.21. The Bertz CT molecular complexity index is 260. The minimum Gasteiger partial charge on any atom is -0.393 e. The van der Waals surface area contributed by atoms with Crippen molar-refractivity contribution in [3.05, 3.63) is 22.4 Å². The first-order valence-electron chi connectivity index (χ1n) is 5.80. The topological polar surface area (TPSA) is 32.7 Å². The highest BCUT2D eigenvalue weighted by atomic mass is 32.1. The summed E-state index contributed by atoms with van der Waals surface area (Å²) >= 11 is 1.63. The van der Waals surface area contributed by atoms with Crippen molar-refractivity contribution >= 4 is 11.3 Å². The fourth-order valence-electron chi connectivity index (χ4n) is 1.56. The highest BCUT2D eigenvalue weighted by Gasteiger charge is 2.11. The Morgan fingerprint density at radius 2 is 2.19 bits per heavy atom. The molecule has 0 saturated heterocycles. The monoisotopic (exact) mass is 243 g/mol. The molecule has 4 heteroatoms. The van der Waals surface area contributed by atoms with Crippen molar-refractivity contribution < 1.29 is 9.84 Å². The van der Waals surface area contributed by atoms with Gasteiger partial charge in [-0.2, -0.15) is 0 Å². The van der Waals surface area contributed by atoms with Crippen molar-refractivity contribution in [2.24, 2.45) is 0 Å². The van der Waals surface area contributed by atoms with Gasteiger partial charge in [-0.15, -0.1) is 11.3 Å². The maximum atomic E-state index is 9.25. The first-order chi connectivity index (χ1) is 7.81. The predicted molar refractivity (Wildman–Crippen MR) is 67.9 cm³/mol. The van der Waals surface area contributed by atoms with E-state index in [1.807, 2.05) is 17.5 Å². The molecule has 1 heterocycles. The van der Waals surface area contributed by atoms with E-state index in [0.717, 1.165) is 24.5 Å². The van der Waals surface area contributed by atoms with E-state index in [-0.39, 0.29) is 12.7 Å². The number of likely N-dealkylation sites (N-methyl/N-ethyl adjacent to an activating group) is 1. The zero-order valence-electron chi connectivity index (χ0n) is 10.1. The maximum absolute atomic E-state index is 9.25. The van der Waals surface area contributed by atoms with Crippen molar-refractivity contribution in [2.45, 2.75) is 20.0 Å². The van der Waals surface area contributed by atoms with Gasteiger partial charge in [0.2, 0.25) is 0 Å². The molecule has 0 aliphatic rings. The van der Waals surface area contributed by atoms with Crippen LogP contribution in [0.1, 0.15) is 24.8 Å². The first kappa shape index (κ1) is 13.6. The fourth-order valence-corrected chi connectivity index (χ4v) is 2.33. The summed E-state index contributed by atoms with van der Waals surface area (Å²) in [6.45, 7) is 8.03. The number of hydrogen-bond donors (Lipinski definition) is 1. The van der Waals surface area contributed by atoms with Crippen LogP contribution in [0.15, 0.2) is 17.5 Å². The lowest BCUT2D eigenvalue weighted by Crippen LogP contribution is -2.27. The molecule has 1 aromatic heterocycles. The number of thiophene rings is 1. The Balaban J connectivity index is 2.30. The normalized spacial score (nSPS) is 13.2. The summed E-state index contributed by atoms with van der Waals surface area (Å²) in [6, 6.07) is 3.99. The summed E-state index contributed by atoms with van der Waals surface area (Å²) in [5.74, 6) is 0. The van der Waals surface area contributed by atoms with Crippen molar-refractivity contribution in [1.82, 2.24) is 4.90 Å². The van der Waals surface area contributed by atoms with Gasteiger partial charge in [0, 0.05) is 11.4 Å². The molecule has 0 aliphatic carbocycles. The van der Waals surface area contributed by atoms with Crippen LogP contribution in [0.4, 0.5) is 0 Å². The number of ether oxygens (including phenoxy) is 1. The Hall–Kier alpha value is -0.420. The summed E-state index contributed by atoms with van der Waals surface area (Å²) in [5.41, 5.74) is 0. The molecular weight excluding hydrogens is 222 g/mol. The van der Waals surface area contributed by atoms with Crippen LogP contribution < -0.4 is 0 Å². The van der Waals surface area contributed by atoms with E-state index in [9.17, 15) is 5.11 Å². The molecule has 1 unspecified atom stereocenters. The molecule has 16 heavy (non-hydrogen) atoms. The van der Waals surface area contributed by atoms with Crippen LogP contribution in [-0.4, -0.2) is 42.9 Å². The second-order valence-corrected chi connectivity index (χ2v) is 4.56. The molecule has 0 aromatic carbocycles. The quantitative estimate of drug-likeness (QED) is 0.759. The van der Waals surface area contributed by atoms with Crippen molar-refractivity contribution in [3.63, 3.8) is 0 Å². The van der Waals surface area contributed by atoms with E-state index >= 15 is 0 Å². The molecule has 0 saturated carbocycles. The largest absolute Gasteiger partial charge is 0.393 e. The molecule has 0 radical (unpaired) electrons. The second-order valence-electron chi connectivity index (χ2n) is 3.58. The van der Waals surface area contributed by atoms with Crippen molar-refractivity contribution in [1.29, 1.82) is 0 Å². The molecule has 1 aromatic rings. The summed E-state index contributed by atoms with van der Waals surface area (Å²) < 4.78 is 5.69. The van der Waals surface area contributed by atoms with Gasteiger partial charge in [0.15, 0.2) is 0 Å². The lowest BCUT2D eigenvalue weighted by Gasteiger charge is -2.20. The Kier molecular flexibility index (Phi) is 6.64. The van der Waals surface area contributed by atoms with Gasteiger partial charge in [0.1, 0.15) is 6.10 Å². The molecule has 1 atom stereocenters. The predicted octanol–water partition coefficient (Wildman–Crippen LogP) is 2.14. The lowest BCUT2D eigenvalue weighted by atomic mass is 10.3. The number of aliphatic hydroxyl groups excluding tert-OH is 1. The summed E-state index contributed by atoms with van der Waals surface area (Å²) in [4.78, 5) is 3.41. The average molecular weight is 243 g/mol. The van der Waals surface area contributed by atoms with Gasteiger partial charge in [-0.05, 0) is 24.5 Å². The number of hydrogen-bond acceptors (Lipinski definition) is 4. The van der Waals surface area contributed by atoms with Crippen LogP contribution in [0.3, 0.4) is 0 Å². The molecule has 0 spiro atoms. The van der Waals surface area contributed by atoms with Gasteiger partial charge in [0.05, 0.1) is 13.2 Å². The van der Waals surface area contributed by atoms with Gasteiger partial charge in [0.25, 0.3) is 0 Å². The van der Waals surface area contributed by atoms with Gasteiger partial charge < -0.3 is 14.7 Å². The maximum Gasteiger partial charge on any atom is 0.115 e. The van der Waals surface area contributed by atoms with E-state index in [4.69, 9.17) is 4.74 Å². The van der Waals surface area contributed by atoms with Crippen LogP contribution in [0.25, 0.3) is 0 Å². The summed E-state index contributed by atoms with van der Waals surface area (Å²) in [6.07, 6.45) is -0.157. The zero-order chi connectivity index (χ0) is 11.8. The standard InChI is InChI=1S/C12H21NO2S/c1-3-13(4-2)7-8-15-11(10-14)12-6-5-9-16-12/h5-6,9,11,14H,3-4,7-8,10H2,1-2H3. The fraction of sp³-hybridized carbons (Fsp3) is 0.667. The minimum atomic E-state index is -0.157. The summed E-state index contributed by atoms with van der Waals surface area (Å²) in [5, 5.41) is 11.3. The average Bonchev–Trinajstić information content (AvgIpc) is 2.83.